The average Bonchev–Trinajstić information content (AvgIpc) is 2.10. The van der Waals surface area contributed by atoms with Crippen molar-refractivity contribution in [2.24, 2.45) is 11.3 Å². The largest absolute Gasteiger partial charge is 0.301 e. The van der Waals surface area contributed by atoms with Crippen molar-refractivity contribution in [1.29, 1.82) is 0 Å². The molecule has 0 bridgehead atoms. The molecule has 0 spiro atoms. The average molecular weight is 261 g/mol. The van der Waals surface area contributed by atoms with E-state index in [1.54, 1.807) is 0 Å². The molecule has 96 valence electrons. The maximum atomic E-state index is 4.52. The van der Waals surface area contributed by atoms with Crippen molar-refractivity contribution >= 4 is 24.4 Å². The van der Waals surface area contributed by atoms with Crippen LogP contribution in [0.2, 0.25) is 0 Å². The molecule has 0 aliphatic carbocycles. The van der Waals surface area contributed by atoms with E-state index in [0.717, 1.165) is 5.75 Å². The molecule has 1 saturated heterocycles. The fraction of sp³-hybridized carbons (Fsp3) is 1.00. The highest BCUT2D eigenvalue weighted by atomic mass is 32.2. The summed E-state index contributed by atoms with van der Waals surface area (Å²) >= 11 is 6.63. The zero-order valence-electron chi connectivity index (χ0n) is 11.4. The molecule has 1 fully saturated rings. The standard InChI is InChI=1S/C13H27NS2/c1-12(2,3)11(9-15)8-14-6-7-16-13(4,5)10-14/h11,15H,6-10H2,1-5H3. The zero-order valence-corrected chi connectivity index (χ0v) is 13.1. The minimum Gasteiger partial charge on any atom is -0.301 e. The summed E-state index contributed by atoms with van der Waals surface area (Å²) in [7, 11) is 0. The summed E-state index contributed by atoms with van der Waals surface area (Å²) in [5, 5.41) is 0. The predicted octanol–water partition coefficient (Wildman–Crippen LogP) is 3.41. The van der Waals surface area contributed by atoms with Gasteiger partial charge in [-0.1, -0.05) is 20.8 Å². The zero-order chi connectivity index (χ0) is 12.4. The van der Waals surface area contributed by atoms with Gasteiger partial charge in [-0.3, -0.25) is 0 Å². The lowest BCUT2D eigenvalue weighted by atomic mass is 9.81. The second kappa shape index (κ2) is 5.53. The smallest absolute Gasteiger partial charge is 0.0231 e. The minimum absolute atomic E-state index is 0.372. The lowest BCUT2D eigenvalue weighted by molar-refractivity contribution is 0.160. The molecule has 0 aromatic carbocycles. The predicted molar refractivity (Wildman–Crippen MR) is 79.8 cm³/mol. The number of thiol groups is 1. The van der Waals surface area contributed by atoms with Gasteiger partial charge in [-0.25, -0.2) is 0 Å². The highest BCUT2D eigenvalue weighted by Gasteiger charge is 2.31. The summed E-state index contributed by atoms with van der Waals surface area (Å²) in [6, 6.07) is 0. The molecule has 0 N–H and O–H groups in total. The van der Waals surface area contributed by atoms with Gasteiger partial charge in [0, 0.05) is 30.1 Å². The van der Waals surface area contributed by atoms with Crippen molar-refractivity contribution in [2.45, 2.75) is 39.4 Å². The Balaban J connectivity index is 2.52. The van der Waals surface area contributed by atoms with Gasteiger partial charge in [0.1, 0.15) is 0 Å². The topological polar surface area (TPSA) is 3.24 Å². The number of rotatable bonds is 3. The van der Waals surface area contributed by atoms with Crippen molar-refractivity contribution < 1.29 is 0 Å². The summed E-state index contributed by atoms with van der Waals surface area (Å²) in [4.78, 5) is 2.63. The molecule has 1 atom stereocenters. The van der Waals surface area contributed by atoms with Gasteiger partial charge in [0.2, 0.25) is 0 Å². The van der Waals surface area contributed by atoms with Gasteiger partial charge in [0.05, 0.1) is 0 Å². The van der Waals surface area contributed by atoms with Crippen LogP contribution < -0.4 is 0 Å². The molecular formula is C13H27NS2. The van der Waals surface area contributed by atoms with E-state index in [0.29, 0.717) is 16.1 Å². The maximum Gasteiger partial charge on any atom is 0.0231 e. The number of hydrogen-bond donors (Lipinski definition) is 1. The van der Waals surface area contributed by atoms with Crippen molar-refractivity contribution in [3.05, 3.63) is 0 Å². The van der Waals surface area contributed by atoms with Crippen LogP contribution >= 0.6 is 24.4 Å². The van der Waals surface area contributed by atoms with Crippen molar-refractivity contribution in [3.63, 3.8) is 0 Å². The Bertz CT molecular complexity index is 220. The van der Waals surface area contributed by atoms with E-state index in [2.05, 4.69) is 63.9 Å². The molecule has 1 aliphatic heterocycles. The molecule has 3 heteroatoms. The monoisotopic (exact) mass is 261 g/mol. The Hall–Kier alpha value is 0.660. The van der Waals surface area contributed by atoms with Gasteiger partial charge >= 0.3 is 0 Å². The Labute approximate surface area is 111 Å². The fourth-order valence-electron chi connectivity index (χ4n) is 2.19. The van der Waals surface area contributed by atoms with Crippen molar-refractivity contribution in [3.8, 4) is 0 Å². The fourth-order valence-corrected chi connectivity index (χ4v) is 4.03. The molecule has 1 aliphatic rings. The second-order valence-electron chi connectivity index (χ2n) is 6.59. The number of nitrogens with zero attached hydrogens (tertiary/aromatic N) is 1. The molecule has 1 nitrogen and oxygen atoms in total. The van der Waals surface area contributed by atoms with E-state index in [1.165, 1.54) is 25.4 Å². The maximum absolute atomic E-state index is 4.52. The first kappa shape index (κ1) is 14.7. The van der Waals surface area contributed by atoms with Gasteiger partial charge in [-0.15, -0.1) is 0 Å². The molecular weight excluding hydrogens is 234 g/mol. The van der Waals surface area contributed by atoms with Crippen LogP contribution in [0.5, 0.6) is 0 Å². The SMILES string of the molecule is CC1(C)CN(CC(CS)C(C)(C)C)CCS1. The minimum atomic E-state index is 0.372. The Morgan fingerprint density at radius 2 is 2.00 bits per heavy atom. The summed E-state index contributed by atoms with van der Waals surface area (Å²) in [5.74, 6) is 2.96. The summed E-state index contributed by atoms with van der Waals surface area (Å²) < 4.78 is 0.428. The van der Waals surface area contributed by atoms with Crippen LogP contribution in [0.3, 0.4) is 0 Å². The first-order valence-electron chi connectivity index (χ1n) is 6.22. The van der Waals surface area contributed by atoms with Crippen LogP contribution in [0.1, 0.15) is 34.6 Å². The number of hydrogen-bond acceptors (Lipinski definition) is 3. The Kier molecular flexibility index (Phi) is 5.09. The summed E-state index contributed by atoms with van der Waals surface area (Å²) in [6.07, 6.45) is 0. The lowest BCUT2D eigenvalue weighted by Gasteiger charge is -2.41. The van der Waals surface area contributed by atoms with Gasteiger partial charge < -0.3 is 4.90 Å². The second-order valence-corrected chi connectivity index (χ2v) is 8.76. The van der Waals surface area contributed by atoms with Crippen LogP contribution in [0, 0.1) is 11.3 Å². The molecule has 0 amide bonds. The van der Waals surface area contributed by atoms with Crippen molar-refractivity contribution in [1.82, 2.24) is 4.90 Å². The first-order valence-corrected chi connectivity index (χ1v) is 7.83. The van der Waals surface area contributed by atoms with E-state index in [9.17, 15) is 0 Å². The Morgan fingerprint density at radius 3 is 2.44 bits per heavy atom. The quantitative estimate of drug-likeness (QED) is 0.776. The van der Waals surface area contributed by atoms with Crippen LogP contribution in [0.15, 0.2) is 0 Å². The van der Waals surface area contributed by atoms with Crippen LogP contribution in [0.25, 0.3) is 0 Å². The molecule has 16 heavy (non-hydrogen) atoms. The summed E-state index contributed by atoms with van der Waals surface area (Å²) in [5.41, 5.74) is 0.372. The van der Waals surface area contributed by atoms with Gasteiger partial charge in [0.25, 0.3) is 0 Å². The molecule has 1 rings (SSSR count). The third-order valence-electron chi connectivity index (χ3n) is 3.43. The van der Waals surface area contributed by atoms with Gasteiger partial charge in [-0.05, 0) is 30.9 Å². The van der Waals surface area contributed by atoms with E-state index in [4.69, 9.17) is 0 Å². The van der Waals surface area contributed by atoms with E-state index in [1.807, 2.05) is 0 Å². The van der Waals surface area contributed by atoms with Crippen LogP contribution in [0.4, 0.5) is 0 Å². The molecule has 0 aromatic heterocycles. The first-order chi connectivity index (χ1) is 7.24. The van der Waals surface area contributed by atoms with E-state index in [-0.39, 0.29) is 0 Å². The highest BCUT2D eigenvalue weighted by molar-refractivity contribution is 8.00. The highest BCUT2D eigenvalue weighted by Crippen LogP contribution is 2.32. The van der Waals surface area contributed by atoms with Crippen LogP contribution in [-0.4, -0.2) is 40.8 Å². The molecule has 0 aromatic rings. The van der Waals surface area contributed by atoms with E-state index < -0.39 is 0 Å². The molecule has 0 saturated carbocycles. The third-order valence-corrected chi connectivity index (χ3v) is 5.17. The summed E-state index contributed by atoms with van der Waals surface area (Å²) in [6.45, 7) is 15.4. The lowest BCUT2D eigenvalue weighted by Crippen LogP contribution is -2.47. The molecule has 1 heterocycles. The number of thioether (sulfide) groups is 1. The van der Waals surface area contributed by atoms with Crippen LogP contribution in [-0.2, 0) is 0 Å². The third kappa shape index (κ3) is 4.50. The Morgan fingerprint density at radius 1 is 1.38 bits per heavy atom. The molecule has 0 radical (unpaired) electrons. The van der Waals surface area contributed by atoms with Gasteiger partial charge in [0.15, 0.2) is 0 Å². The van der Waals surface area contributed by atoms with Crippen molar-refractivity contribution in [2.75, 3.05) is 31.1 Å². The molecule has 1 unspecified atom stereocenters. The normalized spacial score (nSPS) is 24.4. The van der Waals surface area contributed by atoms with Gasteiger partial charge in [-0.2, -0.15) is 24.4 Å². The van der Waals surface area contributed by atoms with E-state index >= 15 is 0 Å².